The molecule has 0 aliphatic carbocycles. The van der Waals surface area contributed by atoms with E-state index in [1.165, 1.54) is 4.90 Å². The van der Waals surface area contributed by atoms with Crippen LogP contribution >= 0.6 is 0 Å². The zero-order valence-electron chi connectivity index (χ0n) is 12.0. The molecule has 7 heteroatoms. The van der Waals surface area contributed by atoms with Crippen molar-refractivity contribution >= 4 is 5.91 Å². The van der Waals surface area contributed by atoms with Crippen LogP contribution in [0.2, 0.25) is 0 Å². The van der Waals surface area contributed by atoms with Gasteiger partial charge in [0.05, 0.1) is 13.2 Å². The Labute approximate surface area is 125 Å². The second kappa shape index (κ2) is 5.84. The zero-order valence-corrected chi connectivity index (χ0v) is 12.0. The molecule has 1 aromatic carbocycles. The molecule has 1 aliphatic heterocycles. The summed E-state index contributed by atoms with van der Waals surface area (Å²) in [6, 6.07) is 2.81. The molecule has 0 radical (unpaired) electrons. The Morgan fingerprint density at radius 3 is 2.73 bits per heavy atom. The highest BCUT2D eigenvalue weighted by Gasteiger charge is 2.28. The summed E-state index contributed by atoms with van der Waals surface area (Å²) in [5.41, 5.74) is 0.892. The van der Waals surface area contributed by atoms with Crippen molar-refractivity contribution in [2.75, 3.05) is 19.7 Å². The van der Waals surface area contributed by atoms with Crippen molar-refractivity contribution in [2.24, 2.45) is 0 Å². The Kier molecular flexibility index (Phi) is 3.89. The summed E-state index contributed by atoms with van der Waals surface area (Å²) >= 11 is 0. The number of morpholine rings is 1. The maximum atomic E-state index is 13.2. The number of amides is 1. The van der Waals surface area contributed by atoms with Gasteiger partial charge in [0.1, 0.15) is 23.6 Å². The average molecular weight is 307 g/mol. The van der Waals surface area contributed by atoms with Crippen LogP contribution < -0.4 is 0 Å². The molecule has 1 atom stereocenters. The van der Waals surface area contributed by atoms with Gasteiger partial charge in [0, 0.05) is 30.1 Å². The number of aromatic nitrogens is 2. The number of benzene rings is 1. The number of carbonyl (C=O) groups excluding carboxylic acids is 1. The number of rotatable bonds is 2. The Morgan fingerprint density at radius 2 is 2.09 bits per heavy atom. The number of halogens is 2. The molecule has 0 bridgehead atoms. The van der Waals surface area contributed by atoms with Crippen LogP contribution in [0.4, 0.5) is 8.78 Å². The van der Waals surface area contributed by atoms with E-state index in [1.807, 2.05) is 6.92 Å². The summed E-state index contributed by atoms with van der Waals surface area (Å²) in [5.74, 6) is -1.32. The molecule has 1 N–H and O–H groups in total. The first kappa shape index (κ1) is 14.6. The lowest BCUT2D eigenvalue weighted by Crippen LogP contribution is -2.42. The number of H-pyrrole nitrogens is 1. The van der Waals surface area contributed by atoms with E-state index >= 15 is 0 Å². The van der Waals surface area contributed by atoms with E-state index in [4.69, 9.17) is 4.74 Å². The van der Waals surface area contributed by atoms with Crippen molar-refractivity contribution in [3.63, 3.8) is 0 Å². The van der Waals surface area contributed by atoms with Gasteiger partial charge in [0.2, 0.25) is 0 Å². The molecular weight excluding hydrogens is 292 g/mol. The molecule has 1 fully saturated rings. The van der Waals surface area contributed by atoms with Gasteiger partial charge in [-0.3, -0.25) is 4.79 Å². The minimum atomic E-state index is -0.769. The van der Waals surface area contributed by atoms with Crippen LogP contribution in [-0.4, -0.2) is 40.5 Å². The summed E-state index contributed by atoms with van der Waals surface area (Å²) in [5, 5.41) is 0. The van der Waals surface area contributed by atoms with Gasteiger partial charge in [-0.1, -0.05) is 0 Å². The van der Waals surface area contributed by atoms with E-state index in [2.05, 4.69) is 9.97 Å². The second-order valence-corrected chi connectivity index (χ2v) is 5.22. The third-order valence-corrected chi connectivity index (χ3v) is 3.49. The molecule has 1 aromatic heterocycles. The summed E-state index contributed by atoms with van der Waals surface area (Å²) in [6.07, 6.45) is 1.31. The van der Waals surface area contributed by atoms with Crippen LogP contribution in [0.15, 0.2) is 24.4 Å². The highest BCUT2D eigenvalue weighted by Crippen LogP contribution is 2.21. The van der Waals surface area contributed by atoms with Crippen LogP contribution in [-0.2, 0) is 4.74 Å². The molecule has 0 spiro atoms. The first-order valence-electron chi connectivity index (χ1n) is 6.91. The fourth-order valence-electron chi connectivity index (χ4n) is 2.46. The van der Waals surface area contributed by atoms with Crippen LogP contribution in [0, 0.1) is 18.6 Å². The van der Waals surface area contributed by atoms with Gasteiger partial charge in [-0.05, 0) is 19.1 Å². The zero-order chi connectivity index (χ0) is 15.7. The largest absolute Gasteiger partial charge is 0.367 e. The van der Waals surface area contributed by atoms with Crippen LogP contribution in [0.1, 0.15) is 28.0 Å². The fraction of sp³-hybridized carbons (Fsp3) is 0.333. The average Bonchev–Trinajstić information content (AvgIpc) is 2.92. The number of carbonyl (C=O) groups is 1. The SMILES string of the molecule is Cc1cnc([C@H]2CN(C(=O)c3cc(F)cc(F)c3)CCO2)[nH]1. The smallest absolute Gasteiger partial charge is 0.254 e. The monoisotopic (exact) mass is 307 g/mol. The molecule has 22 heavy (non-hydrogen) atoms. The number of hydrogen-bond donors (Lipinski definition) is 1. The van der Waals surface area contributed by atoms with Gasteiger partial charge in [-0.2, -0.15) is 0 Å². The summed E-state index contributed by atoms with van der Waals surface area (Å²) in [6.45, 7) is 2.86. The van der Waals surface area contributed by atoms with Crippen LogP contribution in [0.25, 0.3) is 0 Å². The number of ether oxygens (including phenoxy) is 1. The van der Waals surface area contributed by atoms with E-state index < -0.39 is 17.5 Å². The first-order chi connectivity index (χ1) is 10.5. The maximum Gasteiger partial charge on any atom is 0.254 e. The lowest BCUT2D eigenvalue weighted by molar-refractivity contribution is -0.0265. The maximum absolute atomic E-state index is 13.2. The molecule has 2 heterocycles. The molecular formula is C15H15F2N3O2. The molecule has 0 saturated carbocycles. The van der Waals surface area contributed by atoms with Gasteiger partial charge in [-0.25, -0.2) is 13.8 Å². The lowest BCUT2D eigenvalue weighted by atomic mass is 10.1. The number of imidazole rings is 1. The Balaban J connectivity index is 1.77. The van der Waals surface area contributed by atoms with Crippen molar-refractivity contribution in [1.29, 1.82) is 0 Å². The Bertz CT molecular complexity index is 682. The number of nitrogens with one attached hydrogen (secondary N) is 1. The fourth-order valence-corrected chi connectivity index (χ4v) is 2.46. The molecule has 3 rings (SSSR count). The van der Waals surface area contributed by atoms with Gasteiger partial charge >= 0.3 is 0 Å². The number of aryl methyl sites for hydroxylation is 1. The van der Waals surface area contributed by atoms with Gasteiger partial charge < -0.3 is 14.6 Å². The van der Waals surface area contributed by atoms with Gasteiger partial charge in [0.25, 0.3) is 5.91 Å². The number of hydrogen-bond acceptors (Lipinski definition) is 3. The van der Waals surface area contributed by atoms with Crippen molar-refractivity contribution in [1.82, 2.24) is 14.9 Å². The molecule has 1 aliphatic rings. The molecule has 1 saturated heterocycles. The highest BCUT2D eigenvalue weighted by atomic mass is 19.1. The van der Waals surface area contributed by atoms with Crippen molar-refractivity contribution in [2.45, 2.75) is 13.0 Å². The third-order valence-electron chi connectivity index (χ3n) is 3.49. The first-order valence-corrected chi connectivity index (χ1v) is 6.91. The van der Waals surface area contributed by atoms with Crippen molar-refractivity contribution < 1.29 is 18.3 Å². The van der Waals surface area contributed by atoms with Crippen molar-refractivity contribution in [3.8, 4) is 0 Å². The Morgan fingerprint density at radius 1 is 1.36 bits per heavy atom. The minimum Gasteiger partial charge on any atom is -0.367 e. The van der Waals surface area contributed by atoms with E-state index in [9.17, 15) is 13.6 Å². The van der Waals surface area contributed by atoms with E-state index in [0.717, 1.165) is 23.9 Å². The molecule has 2 aromatic rings. The number of nitrogens with zero attached hydrogens (tertiary/aromatic N) is 2. The van der Waals surface area contributed by atoms with Crippen molar-refractivity contribution in [3.05, 3.63) is 53.1 Å². The summed E-state index contributed by atoms with van der Waals surface area (Å²) < 4.78 is 32.1. The van der Waals surface area contributed by atoms with E-state index in [-0.39, 0.29) is 18.2 Å². The third kappa shape index (κ3) is 2.99. The quantitative estimate of drug-likeness (QED) is 0.925. The highest BCUT2D eigenvalue weighted by molar-refractivity contribution is 5.94. The number of aromatic amines is 1. The van der Waals surface area contributed by atoms with E-state index in [1.54, 1.807) is 6.20 Å². The standard InChI is InChI=1S/C15H15F2N3O2/c1-9-7-18-14(19-9)13-8-20(2-3-22-13)15(21)10-4-11(16)6-12(17)5-10/h4-7,13H,2-3,8H2,1H3,(H,18,19)/t13-/m1/s1. The molecule has 0 unspecified atom stereocenters. The predicted octanol–water partition coefficient (Wildman–Crippen LogP) is 2.21. The molecule has 116 valence electrons. The van der Waals surface area contributed by atoms with Gasteiger partial charge in [-0.15, -0.1) is 0 Å². The van der Waals surface area contributed by atoms with Crippen LogP contribution in [0.5, 0.6) is 0 Å². The molecule has 1 amide bonds. The summed E-state index contributed by atoms with van der Waals surface area (Å²) in [7, 11) is 0. The van der Waals surface area contributed by atoms with Crippen LogP contribution in [0.3, 0.4) is 0 Å². The van der Waals surface area contributed by atoms with Gasteiger partial charge in [0.15, 0.2) is 0 Å². The lowest BCUT2D eigenvalue weighted by Gasteiger charge is -2.32. The Hall–Kier alpha value is -2.28. The predicted molar refractivity (Wildman–Crippen MR) is 74.3 cm³/mol. The summed E-state index contributed by atoms with van der Waals surface area (Å²) in [4.78, 5) is 21.2. The normalized spacial score (nSPS) is 18.5. The van der Waals surface area contributed by atoms with E-state index in [0.29, 0.717) is 19.0 Å². The minimum absolute atomic E-state index is 0.00576. The topological polar surface area (TPSA) is 58.2 Å². The molecule has 5 nitrogen and oxygen atoms in total. The second-order valence-electron chi connectivity index (χ2n) is 5.22.